The van der Waals surface area contributed by atoms with Gasteiger partial charge in [-0.05, 0) is 56.0 Å². The van der Waals surface area contributed by atoms with Crippen LogP contribution < -0.4 is 0 Å². The fraction of sp³-hybridized carbons (Fsp3) is 0.294. The van der Waals surface area contributed by atoms with Gasteiger partial charge in [-0.25, -0.2) is 4.98 Å². The Labute approximate surface area is 139 Å². The molecular formula is C17H18N2O3S. The van der Waals surface area contributed by atoms with Crippen LogP contribution in [-0.2, 0) is 5.75 Å². The van der Waals surface area contributed by atoms with Gasteiger partial charge in [-0.15, -0.1) is 0 Å². The number of carbonyl (C=O) groups excluding carboxylic acids is 1. The summed E-state index contributed by atoms with van der Waals surface area (Å²) in [5.41, 5.74) is 4.77. The van der Waals surface area contributed by atoms with Crippen molar-refractivity contribution in [3.63, 3.8) is 0 Å². The molecule has 0 bridgehead atoms. The Morgan fingerprint density at radius 3 is 2.61 bits per heavy atom. The minimum Gasteiger partial charge on any atom is -0.294 e. The smallest absolute Gasteiger partial charge is 0.294 e. The third-order valence-corrected chi connectivity index (χ3v) is 4.81. The number of benzene rings is 1. The molecular weight excluding hydrogens is 312 g/mol. The lowest BCUT2D eigenvalue weighted by Crippen LogP contribution is -2.05. The minimum absolute atomic E-state index is 0.00621. The lowest BCUT2D eigenvalue weighted by Gasteiger charge is -2.15. The van der Waals surface area contributed by atoms with Gasteiger partial charge in [0.1, 0.15) is 0 Å². The van der Waals surface area contributed by atoms with Crippen LogP contribution in [0.5, 0.6) is 0 Å². The first-order valence-electron chi connectivity index (χ1n) is 7.15. The van der Waals surface area contributed by atoms with E-state index in [4.69, 9.17) is 0 Å². The Morgan fingerprint density at radius 1 is 1.30 bits per heavy atom. The molecule has 0 aliphatic carbocycles. The van der Waals surface area contributed by atoms with Gasteiger partial charge in [0, 0.05) is 23.6 Å². The summed E-state index contributed by atoms with van der Waals surface area (Å²) in [5.74, 6) is 0.575. The molecule has 0 amide bonds. The fourth-order valence-corrected chi connectivity index (χ4v) is 3.91. The molecule has 2 rings (SSSR count). The van der Waals surface area contributed by atoms with E-state index in [1.807, 2.05) is 26.8 Å². The number of thioether (sulfide) groups is 1. The number of hydrogen-bond donors (Lipinski definition) is 0. The number of Topliss-reactive ketones (excluding diaryl/α,β-unsaturated/α-hetero) is 1. The summed E-state index contributed by atoms with van der Waals surface area (Å²) in [6, 6.07) is 5.00. The summed E-state index contributed by atoms with van der Waals surface area (Å²) >= 11 is 1.32. The van der Waals surface area contributed by atoms with Crippen LogP contribution in [0.25, 0.3) is 0 Å². The van der Waals surface area contributed by atoms with Crippen LogP contribution in [0.3, 0.4) is 0 Å². The van der Waals surface area contributed by atoms with Gasteiger partial charge >= 0.3 is 5.69 Å². The molecule has 0 saturated heterocycles. The first kappa shape index (κ1) is 17.1. The van der Waals surface area contributed by atoms with Crippen molar-refractivity contribution in [2.24, 2.45) is 0 Å². The van der Waals surface area contributed by atoms with E-state index in [9.17, 15) is 14.9 Å². The lowest BCUT2D eigenvalue weighted by atomic mass is 9.92. The second kappa shape index (κ2) is 6.91. The quantitative estimate of drug-likeness (QED) is 0.351. The van der Waals surface area contributed by atoms with E-state index in [1.54, 1.807) is 19.2 Å². The van der Waals surface area contributed by atoms with Gasteiger partial charge in [-0.2, -0.15) is 0 Å². The lowest BCUT2D eigenvalue weighted by molar-refractivity contribution is -0.388. The number of aryl methyl sites for hydroxylation is 2. The molecule has 1 aromatic heterocycles. The number of hydrogen-bond acceptors (Lipinski definition) is 5. The van der Waals surface area contributed by atoms with Crippen molar-refractivity contribution in [2.75, 3.05) is 0 Å². The Morgan fingerprint density at radius 2 is 2.00 bits per heavy atom. The van der Waals surface area contributed by atoms with Gasteiger partial charge in [0.2, 0.25) is 0 Å². The molecule has 2 aromatic rings. The van der Waals surface area contributed by atoms with Crippen molar-refractivity contribution in [3.05, 3.63) is 62.3 Å². The van der Waals surface area contributed by atoms with Crippen molar-refractivity contribution >= 4 is 23.2 Å². The molecule has 0 saturated carbocycles. The van der Waals surface area contributed by atoms with Crippen LogP contribution in [0.15, 0.2) is 29.4 Å². The van der Waals surface area contributed by atoms with E-state index in [1.165, 1.54) is 17.8 Å². The summed E-state index contributed by atoms with van der Waals surface area (Å²) < 4.78 is 0. The van der Waals surface area contributed by atoms with Gasteiger partial charge in [0.15, 0.2) is 10.8 Å². The maximum atomic E-state index is 11.9. The minimum atomic E-state index is -0.425. The average molecular weight is 330 g/mol. The van der Waals surface area contributed by atoms with Gasteiger partial charge in [-0.1, -0.05) is 17.8 Å². The molecule has 0 atom stereocenters. The van der Waals surface area contributed by atoms with Crippen molar-refractivity contribution in [1.82, 2.24) is 4.98 Å². The van der Waals surface area contributed by atoms with E-state index >= 15 is 0 Å². The van der Waals surface area contributed by atoms with Gasteiger partial charge in [0.05, 0.1) is 4.92 Å². The molecule has 1 aromatic carbocycles. The molecule has 0 fully saturated rings. The molecule has 0 aliphatic heterocycles. The van der Waals surface area contributed by atoms with E-state index in [2.05, 4.69) is 4.98 Å². The van der Waals surface area contributed by atoms with Crippen LogP contribution >= 0.6 is 11.8 Å². The van der Waals surface area contributed by atoms with Crippen molar-refractivity contribution < 1.29 is 9.72 Å². The van der Waals surface area contributed by atoms with E-state index in [-0.39, 0.29) is 11.5 Å². The molecule has 1 heterocycles. The van der Waals surface area contributed by atoms with Crippen LogP contribution in [0.1, 0.15) is 39.5 Å². The number of carbonyl (C=O) groups is 1. The van der Waals surface area contributed by atoms with E-state index < -0.39 is 4.92 Å². The molecule has 6 heteroatoms. The third kappa shape index (κ3) is 3.59. The number of aromatic nitrogens is 1. The van der Waals surface area contributed by atoms with Crippen molar-refractivity contribution in [2.45, 2.75) is 38.5 Å². The summed E-state index contributed by atoms with van der Waals surface area (Å²) in [5, 5.41) is 11.5. The van der Waals surface area contributed by atoms with Crippen LogP contribution in [0.4, 0.5) is 5.69 Å². The molecule has 0 unspecified atom stereocenters. The summed E-state index contributed by atoms with van der Waals surface area (Å²) in [6.45, 7) is 7.41. The summed E-state index contributed by atoms with van der Waals surface area (Å²) in [7, 11) is 0. The number of rotatable bonds is 5. The topological polar surface area (TPSA) is 73.1 Å². The first-order chi connectivity index (χ1) is 10.8. The maximum absolute atomic E-state index is 11.9. The number of ketones is 1. The van der Waals surface area contributed by atoms with Crippen molar-refractivity contribution in [3.8, 4) is 0 Å². The van der Waals surface area contributed by atoms with Crippen LogP contribution in [0, 0.1) is 30.9 Å². The third-order valence-electron chi connectivity index (χ3n) is 3.78. The summed E-state index contributed by atoms with van der Waals surface area (Å²) in [6.07, 6.45) is 1.55. The van der Waals surface area contributed by atoms with E-state index in [0.29, 0.717) is 10.8 Å². The molecule has 0 aliphatic rings. The number of nitro groups is 1. The molecule has 23 heavy (non-hydrogen) atoms. The molecule has 0 spiro atoms. The predicted octanol–water partition coefficient (Wildman–Crippen LogP) is 4.41. The largest absolute Gasteiger partial charge is 0.301 e. The standard InChI is InChI=1S/C17H18N2O3S/c1-10-8-11(2)16(13(4)20)12(3)14(10)9-23-17-15(19(21)22)6-5-7-18-17/h5-8H,9H2,1-4H3. The highest BCUT2D eigenvalue weighted by Crippen LogP contribution is 2.32. The zero-order valence-electron chi connectivity index (χ0n) is 13.5. The Hall–Kier alpha value is -2.21. The van der Waals surface area contributed by atoms with E-state index in [0.717, 1.165) is 27.8 Å². The number of pyridine rings is 1. The highest BCUT2D eigenvalue weighted by Gasteiger charge is 2.18. The first-order valence-corrected chi connectivity index (χ1v) is 8.14. The predicted molar refractivity (Wildman–Crippen MR) is 91.1 cm³/mol. The molecule has 0 radical (unpaired) electrons. The Balaban J connectivity index is 2.37. The Kier molecular flexibility index (Phi) is 5.15. The van der Waals surface area contributed by atoms with Gasteiger partial charge in [-0.3, -0.25) is 14.9 Å². The maximum Gasteiger partial charge on any atom is 0.301 e. The molecule has 120 valence electrons. The monoisotopic (exact) mass is 330 g/mol. The highest BCUT2D eigenvalue weighted by molar-refractivity contribution is 7.98. The zero-order valence-corrected chi connectivity index (χ0v) is 14.4. The normalized spacial score (nSPS) is 10.6. The van der Waals surface area contributed by atoms with Crippen LogP contribution in [-0.4, -0.2) is 15.7 Å². The van der Waals surface area contributed by atoms with Gasteiger partial charge < -0.3 is 0 Å². The average Bonchev–Trinajstić information content (AvgIpc) is 2.46. The molecule has 5 nitrogen and oxygen atoms in total. The second-order valence-electron chi connectivity index (χ2n) is 5.42. The van der Waals surface area contributed by atoms with Crippen molar-refractivity contribution in [1.29, 1.82) is 0 Å². The van der Waals surface area contributed by atoms with Gasteiger partial charge in [0.25, 0.3) is 0 Å². The summed E-state index contributed by atoms with van der Waals surface area (Å²) in [4.78, 5) is 26.6. The molecule has 0 N–H and O–H groups in total. The number of nitrogens with zero attached hydrogens (tertiary/aromatic N) is 2. The highest BCUT2D eigenvalue weighted by atomic mass is 32.2. The second-order valence-corrected chi connectivity index (χ2v) is 6.38. The fourth-order valence-electron chi connectivity index (χ4n) is 2.76. The zero-order chi connectivity index (χ0) is 17.1. The SMILES string of the molecule is CC(=O)c1c(C)cc(C)c(CSc2ncccc2[N+](=O)[O-])c1C. The Bertz CT molecular complexity index is 788. The van der Waals surface area contributed by atoms with Crippen LogP contribution in [0.2, 0.25) is 0 Å².